The van der Waals surface area contributed by atoms with Crippen molar-refractivity contribution < 1.29 is 19.1 Å². The number of hydrogen-bond donors (Lipinski definition) is 1. The number of amides is 1. The number of ether oxygens (including phenoxy) is 2. The van der Waals surface area contributed by atoms with E-state index < -0.39 is 11.7 Å². The van der Waals surface area contributed by atoms with Crippen molar-refractivity contribution in [3.63, 3.8) is 0 Å². The molecule has 0 bridgehead atoms. The quantitative estimate of drug-likeness (QED) is 0.656. The topological polar surface area (TPSA) is 81.9 Å². The number of carbonyl (C=O) groups excluding carboxylic acids is 2. The summed E-state index contributed by atoms with van der Waals surface area (Å²) < 4.78 is 10.1. The number of nitrogen functional groups attached to an aromatic ring is 1. The number of nitrogens with zero attached hydrogens (tertiary/aromatic N) is 1. The molecule has 0 radical (unpaired) electrons. The van der Waals surface area contributed by atoms with Gasteiger partial charge in [0.15, 0.2) is 0 Å². The molecule has 1 aliphatic rings. The maximum Gasteiger partial charge on any atom is 0.418 e. The summed E-state index contributed by atoms with van der Waals surface area (Å²) in [7, 11) is 1.34. The smallest absolute Gasteiger partial charge is 0.418 e. The van der Waals surface area contributed by atoms with Crippen molar-refractivity contribution in [1.29, 1.82) is 0 Å². The Hall–Kier alpha value is -2.76. The lowest BCUT2D eigenvalue weighted by atomic mass is 10.1. The highest BCUT2D eigenvalue weighted by Gasteiger charge is 2.20. The average Bonchev–Trinajstić information content (AvgIpc) is 2.65. The lowest BCUT2D eigenvalue weighted by Gasteiger charge is -2.23. The summed E-state index contributed by atoms with van der Waals surface area (Å²) in [6.45, 7) is 5.40. The van der Waals surface area contributed by atoms with E-state index in [1.807, 2.05) is 6.07 Å². The summed E-state index contributed by atoms with van der Waals surface area (Å²) in [5, 5.41) is 1.54. The first kappa shape index (κ1) is 17.6. The molecule has 0 aliphatic carbocycles. The van der Waals surface area contributed by atoms with Crippen molar-refractivity contribution in [2.24, 2.45) is 0 Å². The molecule has 0 atom stereocenters. The number of carbonyl (C=O) groups is 2. The van der Waals surface area contributed by atoms with Crippen LogP contribution in [-0.4, -0.2) is 29.7 Å². The first-order chi connectivity index (χ1) is 11.2. The second-order valence-electron chi connectivity index (χ2n) is 6.46. The molecule has 0 fully saturated rings. The van der Waals surface area contributed by atoms with Crippen LogP contribution in [-0.2, 0) is 14.3 Å². The fourth-order valence-corrected chi connectivity index (χ4v) is 2.24. The molecule has 1 amide bonds. The molecule has 0 aromatic heterocycles. The molecule has 2 rings (SSSR count). The van der Waals surface area contributed by atoms with Crippen LogP contribution in [0, 0.1) is 0 Å². The molecule has 1 aliphatic heterocycles. The van der Waals surface area contributed by atoms with Crippen LogP contribution in [0.5, 0.6) is 0 Å². The van der Waals surface area contributed by atoms with E-state index in [9.17, 15) is 9.59 Å². The fourth-order valence-electron chi connectivity index (χ4n) is 2.24. The fraction of sp³-hybridized carbons (Fsp3) is 0.333. The first-order valence-corrected chi connectivity index (χ1v) is 7.56. The molecule has 24 heavy (non-hydrogen) atoms. The third-order valence-corrected chi connectivity index (χ3v) is 3.30. The number of nitrogens with two attached hydrogens (primary N) is 1. The Morgan fingerprint density at radius 3 is 2.58 bits per heavy atom. The molecular formula is C18H22N2O4. The van der Waals surface area contributed by atoms with Crippen LogP contribution in [0.2, 0.25) is 0 Å². The molecule has 6 nitrogen and oxygen atoms in total. The van der Waals surface area contributed by atoms with E-state index in [1.165, 1.54) is 12.0 Å². The van der Waals surface area contributed by atoms with Gasteiger partial charge in [0.2, 0.25) is 0 Å². The van der Waals surface area contributed by atoms with E-state index in [0.29, 0.717) is 5.69 Å². The zero-order valence-electron chi connectivity index (χ0n) is 14.3. The molecule has 128 valence electrons. The van der Waals surface area contributed by atoms with Crippen LogP contribution in [0.1, 0.15) is 27.2 Å². The monoisotopic (exact) mass is 330 g/mol. The summed E-state index contributed by atoms with van der Waals surface area (Å²) in [6, 6.07) is 5.32. The van der Waals surface area contributed by atoms with Gasteiger partial charge in [-0.05, 0) is 49.8 Å². The zero-order chi connectivity index (χ0) is 17.9. The van der Waals surface area contributed by atoms with E-state index in [-0.39, 0.29) is 12.4 Å². The van der Waals surface area contributed by atoms with Crippen molar-refractivity contribution in [1.82, 2.24) is 4.90 Å². The second-order valence-corrected chi connectivity index (χ2v) is 6.46. The second kappa shape index (κ2) is 6.78. The largest absolute Gasteiger partial charge is 0.469 e. The van der Waals surface area contributed by atoms with Gasteiger partial charge in [0.1, 0.15) is 5.60 Å². The SMILES string of the molecule is COC(=O)CC1=c2ccc(N)cc2=CN(C(=O)OC(C)(C)C)C=C1. The highest BCUT2D eigenvalue weighted by atomic mass is 16.6. The summed E-state index contributed by atoms with van der Waals surface area (Å²) in [5.41, 5.74) is 6.54. The molecule has 1 aromatic carbocycles. The standard InChI is InChI=1S/C18H22N2O4/c1-18(2,3)24-17(22)20-8-7-12(10-16(21)23-4)15-6-5-14(19)9-13(15)11-20/h5-9,11H,10,19H2,1-4H3. The Balaban J connectivity index is 2.50. The highest BCUT2D eigenvalue weighted by Crippen LogP contribution is 2.13. The van der Waals surface area contributed by atoms with Gasteiger partial charge in [0.25, 0.3) is 0 Å². The number of esters is 1. The van der Waals surface area contributed by atoms with Gasteiger partial charge in [0, 0.05) is 23.3 Å². The number of methoxy groups -OCH3 is 1. The minimum absolute atomic E-state index is 0.0971. The van der Waals surface area contributed by atoms with E-state index in [1.54, 1.807) is 51.4 Å². The summed E-state index contributed by atoms with van der Waals surface area (Å²) in [4.78, 5) is 25.3. The number of hydrogen-bond acceptors (Lipinski definition) is 5. The number of fused-ring (bicyclic) bond motifs is 1. The molecule has 0 unspecified atom stereocenters. The maximum absolute atomic E-state index is 12.3. The van der Waals surface area contributed by atoms with Crippen molar-refractivity contribution in [3.8, 4) is 0 Å². The first-order valence-electron chi connectivity index (χ1n) is 7.56. The molecule has 6 heteroatoms. The lowest BCUT2D eigenvalue weighted by molar-refractivity contribution is -0.139. The van der Waals surface area contributed by atoms with Crippen LogP contribution >= 0.6 is 0 Å². The van der Waals surface area contributed by atoms with E-state index in [2.05, 4.69) is 0 Å². The molecule has 0 spiro atoms. The van der Waals surface area contributed by atoms with Gasteiger partial charge in [-0.2, -0.15) is 0 Å². The average molecular weight is 330 g/mol. The number of benzene rings is 1. The van der Waals surface area contributed by atoms with Crippen LogP contribution in [0.25, 0.3) is 11.8 Å². The third-order valence-electron chi connectivity index (χ3n) is 3.30. The van der Waals surface area contributed by atoms with Gasteiger partial charge in [-0.25, -0.2) is 4.79 Å². The zero-order valence-corrected chi connectivity index (χ0v) is 14.3. The number of anilines is 1. The Morgan fingerprint density at radius 2 is 1.96 bits per heavy atom. The Morgan fingerprint density at radius 1 is 1.25 bits per heavy atom. The van der Waals surface area contributed by atoms with Gasteiger partial charge in [0.05, 0.1) is 13.5 Å². The predicted octanol–water partition coefficient (Wildman–Crippen LogP) is 1.48. The van der Waals surface area contributed by atoms with Crippen LogP contribution in [0.15, 0.2) is 30.5 Å². The van der Waals surface area contributed by atoms with Gasteiger partial charge in [-0.15, -0.1) is 0 Å². The van der Waals surface area contributed by atoms with Crippen molar-refractivity contribution >= 4 is 29.5 Å². The van der Waals surface area contributed by atoms with Crippen molar-refractivity contribution in [2.75, 3.05) is 12.8 Å². The van der Waals surface area contributed by atoms with Crippen molar-refractivity contribution in [2.45, 2.75) is 32.8 Å². The van der Waals surface area contributed by atoms with Crippen LogP contribution < -0.4 is 16.2 Å². The van der Waals surface area contributed by atoms with E-state index in [4.69, 9.17) is 15.2 Å². The molecule has 1 aromatic rings. The molecule has 0 saturated carbocycles. The van der Waals surface area contributed by atoms with Gasteiger partial charge in [-0.1, -0.05) is 6.07 Å². The summed E-state index contributed by atoms with van der Waals surface area (Å²) in [5.74, 6) is -0.358. The normalized spacial score (nSPS) is 13.7. The van der Waals surface area contributed by atoms with Crippen LogP contribution in [0.4, 0.5) is 10.5 Å². The molecular weight excluding hydrogens is 308 g/mol. The maximum atomic E-state index is 12.3. The van der Waals surface area contributed by atoms with E-state index in [0.717, 1.165) is 16.0 Å². The number of allylic oxidation sites excluding steroid dienone is 1. The molecule has 1 heterocycles. The van der Waals surface area contributed by atoms with Gasteiger partial charge >= 0.3 is 12.1 Å². The van der Waals surface area contributed by atoms with Gasteiger partial charge < -0.3 is 15.2 Å². The number of rotatable bonds is 2. The van der Waals surface area contributed by atoms with Crippen LogP contribution in [0.3, 0.4) is 0 Å². The Labute approximate surface area is 140 Å². The van der Waals surface area contributed by atoms with Crippen molar-refractivity contribution in [3.05, 3.63) is 40.9 Å². The van der Waals surface area contributed by atoms with Gasteiger partial charge in [-0.3, -0.25) is 9.69 Å². The minimum atomic E-state index is -0.609. The Bertz CT molecular complexity index is 803. The third kappa shape index (κ3) is 4.38. The minimum Gasteiger partial charge on any atom is -0.469 e. The lowest BCUT2D eigenvalue weighted by Crippen LogP contribution is -2.33. The molecule has 2 N–H and O–H groups in total. The van der Waals surface area contributed by atoms with E-state index >= 15 is 0 Å². The highest BCUT2D eigenvalue weighted by molar-refractivity contribution is 5.84. The predicted molar refractivity (Wildman–Crippen MR) is 91.8 cm³/mol. The summed E-state index contributed by atoms with van der Waals surface area (Å²) in [6.07, 6.45) is 4.51. The summed E-state index contributed by atoms with van der Waals surface area (Å²) >= 11 is 0. The Kier molecular flexibility index (Phi) is 4.97. The molecule has 0 saturated heterocycles.